The normalized spacial score (nSPS) is 13.1. The van der Waals surface area contributed by atoms with Crippen LogP contribution in [0, 0.1) is 23.0 Å². The van der Waals surface area contributed by atoms with Crippen molar-refractivity contribution in [3.63, 3.8) is 0 Å². The fourth-order valence-electron chi connectivity index (χ4n) is 1.93. The fraction of sp³-hybridized carbons (Fsp3) is 0.462. The van der Waals surface area contributed by atoms with Gasteiger partial charge in [-0.25, -0.2) is 8.42 Å². The first-order chi connectivity index (χ1) is 10.0. The molecule has 0 saturated heterocycles. The van der Waals surface area contributed by atoms with Gasteiger partial charge in [-0.1, -0.05) is 13.8 Å². The minimum Gasteiger partial charge on any atom is -0.480 e. The van der Waals surface area contributed by atoms with Gasteiger partial charge in [0.15, 0.2) is 0 Å². The molecule has 8 nitrogen and oxygen atoms in total. The number of benzene rings is 1. The minimum atomic E-state index is -4.07. The van der Waals surface area contributed by atoms with Crippen molar-refractivity contribution in [1.82, 2.24) is 4.72 Å². The summed E-state index contributed by atoms with van der Waals surface area (Å²) >= 11 is 0. The first-order valence-corrected chi connectivity index (χ1v) is 8.03. The Bertz CT molecular complexity index is 684. The van der Waals surface area contributed by atoms with Gasteiger partial charge in [0.1, 0.15) is 6.04 Å². The highest BCUT2D eigenvalue weighted by molar-refractivity contribution is 7.89. The second-order valence-corrected chi connectivity index (χ2v) is 7.06. The Balaban J connectivity index is 3.10. The van der Waals surface area contributed by atoms with Gasteiger partial charge in [0, 0.05) is 11.6 Å². The molecule has 122 valence electrons. The Morgan fingerprint density at radius 1 is 1.41 bits per heavy atom. The summed E-state index contributed by atoms with van der Waals surface area (Å²) < 4.78 is 26.6. The molecule has 0 aliphatic rings. The van der Waals surface area contributed by atoms with Crippen molar-refractivity contribution in [2.24, 2.45) is 5.92 Å². The number of aryl methyl sites for hydroxylation is 1. The van der Waals surface area contributed by atoms with Gasteiger partial charge in [0.2, 0.25) is 10.0 Å². The van der Waals surface area contributed by atoms with Crippen molar-refractivity contribution in [1.29, 1.82) is 0 Å². The summed E-state index contributed by atoms with van der Waals surface area (Å²) in [6.07, 6.45) is 0.139. The SMILES string of the molecule is Cc1cc(S(=O)(=O)NC(CC(C)C)C(=O)O)ccc1[N+](=O)[O-]. The number of carboxylic acid groups (broad SMARTS) is 1. The van der Waals surface area contributed by atoms with E-state index in [1.54, 1.807) is 13.8 Å². The maximum Gasteiger partial charge on any atom is 0.321 e. The second-order valence-electron chi connectivity index (χ2n) is 5.35. The van der Waals surface area contributed by atoms with Crippen LogP contribution in [0.5, 0.6) is 0 Å². The van der Waals surface area contributed by atoms with Crippen molar-refractivity contribution in [3.8, 4) is 0 Å². The van der Waals surface area contributed by atoms with Gasteiger partial charge in [0.05, 0.1) is 9.82 Å². The zero-order chi connectivity index (χ0) is 17.1. The molecular formula is C13H18N2O6S. The summed E-state index contributed by atoms with van der Waals surface area (Å²) in [5, 5.41) is 19.8. The minimum absolute atomic E-state index is 0.0117. The zero-order valence-electron chi connectivity index (χ0n) is 12.4. The van der Waals surface area contributed by atoms with Crippen LogP contribution >= 0.6 is 0 Å². The molecule has 1 aromatic carbocycles. The van der Waals surface area contributed by atoms with E-state index in [1.165, 1.54) is 6.92 Å². The average molecular weight is 330 g/mol. The van der Waals surface area contributed by atoms with E-state index in [0.29, 0.717) is 0 Å². The fourth-order valence-corrected chi connectivity index (χ4v) is 3.21. The molecule has 0 amide bonds. The lowest BCUT2D eigenvalue weighted by molar-refractivity contribution is -0.385. The first kappa shape index (κ1) is 18.1. The molecule has 0 bridgehead atoms. The second kappa shape index (κ2) is 6.84. The third-order valence-corrected chi connectivity index (χ3v) is 4.45. The first-order valence-electron chi connectivity index (χ1n) is 6.54. The lowest BCUT2D eigenvalue weighted by Crippen LogP contribution is -2.41. The Hall–Kier alpha value is -2.00. The molecular weight excluding hydrogens is 312 g/mol. The van der Waals surface area contributed by atoms with E-state index in [1.807, 2.05) is 0 Å². The molecule has 9 heteroatoms. The molecule has 22 heavy (non-hydrogen) atoms. The topological polar surface area (TPSA) is 127 Å². The van der Waals surface area contributed by atoms with Gasteiger partial charge in [0.25, 0.3) is 5.69 Å². The van der Waals surface area contributed by atoms with Crippen molar-refractivity contribution in [3.05, 3.63) is 33.9 Å². The molecule has 1 unspecified atom stereocenters. The molecule has 0 aliphatic carbocycles. The highest BCUT2D eigenvalue weighted by Gasteiger charge is 2.27. The third kappa shape index (κ3) is 4.50. The quantitative estimate of drug-likeness (QED) is 0.578. The third-order valence-electron chi connectivity index (χ3n) is 2.98. The zero-order valence-corrected chi connectivity index (χ0v) is 13.3. The molecule has 1 rings (SSSR count). The van der Waals surface area contributed by atoms with E-state index in [9.17, 15) is 23.3 Å². The number of nitro groups is 1. The van der Waals surface area contributed by atoms with Crippen LogP contribution in [-0.4, -0.2) is 30.5 Å². The van der Waals surface area contributed by atoms with Crippen LogP contribution in [0.1, 0.15) is 25.8 Å². The smallest absolute Gasteiger partial charge is 0.321 e. The lowest BCUT2D eigenvalue weighted by atomic mass is 10.1. The van der Waals surface area contributed by atoms with E-state index in [0.717, 1.165) is 18.2 Å². The molecule has 0 heterocycles. The maximum atomic E-state index is 12.2. The number of hydrogen-bond acceptors (Lipinski definition) is 5. The number of hydrogen-bond donors (Lipinski definition) is 2. The number of carbonyl (C=O) groups is 1. The van der Waals surface area contributed by atoms with Crippen LogP contribution in [0.3, 0.4) is 0 Å². The van der Waals surface area contributed by atoms with Crippen LogP contribution in [0.25, 0.3) is 0 Å². The number of carboxylic acids is 1. The highest BCUT2D eigenvalue weighted by Crippen LogP contribution is 2.22. The number of nitrogens with one attached hydrogen (secondary N) is 1. The lowest BCUT2D eigenvalue weighted by Gasteiger charge is -2.16. The number of rotatable bonds is 7. The van der Waals surface area contributed by atoms with Gasteiger partial charge in [-0.15, -0.1) is 0 Å². The van der Waals surface area contributed by atoms with Gasteiger partial charge in [-0.3, -0.25) is 14.9 Å². The van der Waals surface area contributed by atoms with Crippen molar-refractivity contribution >= 4 is 21.7 Å². The predicted octanol–water partition coefficient (Wildman–Crippen LogP) is 1.68. The molecule has 0 radical (unpaired) electrons. The average Bonchev–Trinajstić information content (AvgIpc) is 2.36. The van der Waals surface area contributed by atoms with Crippen molar-refractivity contribution < 1.29 is 23.2 Å². The molecule has 1 aromatic rings. The summed E-state index contributed by atoms with van der Waals surface area (Å²) in [4.78, 5) is 21.1. The van der Waals surface area contributed by atoms with Gasteiger partial charge >= 0.3 is 5.97 Å². The molecule has 0 aliphatic heterocycles. The molecule has 0 spiro atoms. The number of aliphatic carboxylic acids is 1. The van der Waals surface area contributed by atoms with Crippen LogP contribution in [0.15, 0.2) is 23.1 Å². The Labute approximate surface area is 128 Å². The largest absolute Gasteiger partial charge is 0.480 e. The number of sulfonamides is 1. The molecule has 0 fully saturated rings. The Morgan fingerprint density at radius 2 is 2.00 bits per heavy atom. The van der Waals surface area contributed by atoms with E-state index < -0.39 is 27.0 Å². The highest BCUT2D eigenvalue weighted by atomic mass is 32.2. The van der Waals surface area contributed by atoms with E-state index >= 15 is 0 Å². The van der Waals surface area contributed by atoms with Crippen LogP contribution in [0.4, 0.5) is 5.69 Å². The van der Waals surface area contributed by atoms with Crippen molar-refractivity contribution in [2.45, 2.75) is 38.1 Å². The summed E-state index contributed by atoms with van der Waals surface area (Å²) in [7, 11) is -4.07. The summed E-state index contributed by atoms with van der Waals surface area (Å²) in [6, 6.07) is 2.07. The van der Waals surface area contributed by atoms with Crippen LogP contribution < -0.4 is 4.72 Å². The van der Waals surface area contributed by atoms with Gasteiger partial charge < -0.3 is 5.11 Å². The summed E-state index contributed by atoms with van der Waals surface area (Å²) in [5.41, 5.74) is -0.0143. The monoisotopic (exact) mass is 330 g/mol. The Morgan fingerprint density at radius 3 is 2.41 bits per heavy atom. The molecule has 1 atom stereocenters. The molecule has 0 saturated carbocycles. The van der Waals surface area contributed by atoms with Gasteiger partial charge in [-0.2, -0.15) is 4.72 Å². The summed E-state index contributed by atoms with van der Waals surface area (Å²) in [5.74, 6) is -1.28. The predicted molar refractivity (Wildman–Crippen MR) is 79.0 cm³/mol. The molecule has 0 aromatic heterocycles. The van der Waals surface area contributed by atoms with E-state index in [2.05, 4.69) is 4.72 Å². The van der Waals surface area contributed by atoms with E-state index in [-0.39, 0.29) is 28.5 Å². The maximum absolute atomic E-state index is 12.2. The van der Waals surface area contributed by atoms with Gasteiger partial charge in [-0.05, 0) is 31.4 Å². The summed E-state index contributed by atoms with van der Waals surface area (Å²) in [6.45, 7) is 4.97. The Kier molecular flexibility index (Phi) is 5.61. The van der Waals surface area contributed by atoms with Crippen LogP contribution in [-0.2, 0) is 14.8 Å². The molecule has 2 N–H and O–H groups in total. The van der Waals surface area contributed by atoms with Crippen LogP contribution in [0.2, 0.25) is 0 Å². The standard InChI is InChI=1S/C13H18N2O6S/c1-8(2)6-11(13(16)17)14-22(20,21)10-4-5-12(15(18)19)9(3)7-10/h4-5,7-8,11,14H,6H2,1-3H3,(H,16,17). The van der Waals surface area contributed by atoms with Crippen molar-refractivity contribution in [2.75, 3.05) is 0 Å². The number of nitrogens with zero attached hydrogens (tertiary/aromatic N) is 1. The van der Waals surface area contributed by atoms with E-state index in [4.69, 9.17) is 5.11 Å². The number of nitro benzene ring substituents is 1.